The van der Waals surface area contributed by atoms with Crippen molar-refractivity contribution in [2.24, 2.45) is 0 Å². The minimum atomic E-state index is -0.985. The number of benzene rings is 2. The molecule has 0 bridgehead atoms. The Bertz CT molecular complexity index is 1220. The fourth-order valence-electron chi connectivity index (χ4n) is 4.25. The molecule has 2 N–H and O–H groups in total. The SMILES string of the molecule is C=C(/C=C\C(=C/C)C1c2ccc(-c3cn[nH]c3)cc2CCN1c1ccccc1)/C=C/C(=O)O. The number of hydrogen-bond donors (Lipinski definition) is 2. The van der Waals surface area contributed by atoms with Crippen LogP contribution in [0.3, 0.4) is 0 Å². The quantitative estimate of drug-likeness (QED) is 0.358. The number of anilines is 1. The Balaban J connectivity index is 1.73. The summed E-state index contributed by atoms with van der Waals surface area (Å²) in [6.07, 6.45) is 13.3. The number of rotatable bonds is 7. The number of carbonyl (C=O) groups is 1. The maximum Gasteiger partial charge on any atom is 0.328 e. The van der Waals surface area contributed by atoms with E-state index in [-0.39, 0.29) is 6.04 Å². The van der Waals surface area contributed by atoms with Gasteiger partial charge in [-0.05, 0) is 59.4 Å². The van der Waals surface area contributed by atoms with E-state index in [2.05, 4.69) is 70.2 Å². The number of aliphatic carboxylic acids is 1. The van der Waals surface area contributed by atoms with Gasteiger partial charge in [-0.2, -0.15) is 5.10 Å². The zero-order valence-corrected chi connectivity index (χ0v) is 18.6. The van der Waals surface area contributed by atoms with Crippen molar-refractivity contribution in [3.63, 3.8) is 0 Å². The first-order valence-electron chi connectivity index (χ1n) is 10.9. The molecule has 0 radical (unpaired) electrons. The lowest BCUT2D eigenvalue weighted by molar-refractivity contribution is -0.131. The maximum absolute atomic E-state index is 10.8. The van der Waals surface area contributed by atoms with Gasteiger partial charge in [0.05, 0.1) is 12.2 Å². The molecule has 1 unspecified atom stereocenters. The highest BCUT2D eigenvalue weighted by molar-refractivity contribution is 5.80. The fourth-order valence-corrected chi connectivity index (χ4v) is 4.25. The molecule has 3 aromatic rings. The maximum atomic E-state index is 10.8. The van der Waals surface area contributed by atoms with Crippen LogP contribution in [-0.2, 0) is 11.2 Å². The van der Waals surface area contributed by atoms with Crippen LogP contribution in [0.15, 0.2) is 109 Å². The van der Waals surface area contributed by atoms with Crippen LogP contribution in [-0.4, -0.2) is 27.8 Å². The van der Waals surface area contributed by atoms with E-state index in [1.165, 1.54) is 22.9 Å². The molecule has 0 amide bonds. The number of carboxylic acid groups (broad SMARTS) is 1. The van der Waals surface area contributed by atoms with E-state index in [1.54, 1.807) is 0 Å². The summed E-state index contributed by atoms with van der Waals surface area (Å²) < 4.78 is 0. The molecule has 1 aromatic heterocycles. The molecule has 1 atom stereocenters. The van der Waals surface area contributed by atoms with Crippen molar-refractivity contribution >= 4 is 11.7 Å². The van der Waals surface area contributed by atoms with Crippen LogP contribution < -0.4 is 4.90 Å². The van der Waals surface area contributed by atoms with Crippen LogP contribution in [0.1, 0.15) is 24.1 Å². The average molecular weight is 438 g/mol. The molecule has 0 spiro atoms. The standard InChI is InChI=1S/C28H27N3O2/c1-3-21(11-9-20(2)10-14-27(32)33)28-26-13-12-22(24-18-29-30-19-24)17-23(26)15-16-31(28)25-7-5-4-6-8-25/h3-14,17-19,28H,2,15-16H2,1H3,(H,29,30)(H,32,33)/b11-9-,14-10+,21-3+. The zero-order chi connectivity index (χ0) is 23.2. The van der Waals surface area contributed by atoms with Gasteiger partial charge in [0.15, 0.2) is 0 Å². The Morgan fingerprint density at radius 1 is 1.12 bits per heavy atom. The van der Waals surface area contributed by atoms with Gasteiger partial charge in [-0.1, -0.05) is 61.2 Å². The Kier molecular flexibility index (Phi) is 6.69. The zero-order valence-electron chi connectivity index (χ0n) is 18.6. The topological polar surface area (TPSA) is 69.2 Å². The number of aromatic nitrogens is 2. The molecule has 5 heteroatoms. The lowest BCUT2D eigenvalue weighted by Crippen LogP contribution is -2.36. The van der Waals surface area contributed by atoms with E-state index >= 15 is 0 Å². The summed E-state index contributed by atoms with van der Waals surface area (Å²) in [4.78, 5) is 13.2. The summed E-state index contributed by atoms with van der Waals surface area (Å²) in [5, 5.41) is 15.8. The van der Waals surface area contributed by atoms with Gasteiger partial charge < -0.3 is 10.0 Å². The summed E-state index contributed by atoms with van der Waals surface area (Å²) in [5.41, 5.74) is 7.75. The lowest BCUT2D eigenvalue weighted by atomic mass is 9.85. The van der Waals surface area contributed by atoms with Crippen LogP contribution in [0.2, 0.25) is 0 Å². The minimum absolute atomic E-state index is 0.0343. The van der Waals surface area contributed by atoms with Crippen LogP contribution in [0.4, 0.5) is 5.69 Å². The first-order chi connectivity index (χ1) is 16.1. The van der Waals surface area contributed by atoms with Gasteiger partial charge in [0.2, 0.25) is 0 Å². The first kappa shape index (κ1) is 22.1. The third-order valence-electron chi connectivity index (χ3n) is 5.87. The molecule has 166 valence electrons. The number of H-pyrrole nitrogens is 1. The molecule has 2 aromatic carbocycles. The van der Waals surface area contributed by atoms with Gasteiger partial charge in [-0.15, -0.1) is 0 Å². The fraction of sp³-hybridized carbons (Fsp3) is 0.143. The number of fused-ring (bicyclic) bond motifs is 1. The molecule has 5 nitrogen and oxygen atoms in total. The van der Waals surface area contributed by atoms with E-state index in [0.29, 0.717) is 5.57 Å². The van der Waals surface area contributed by atoms with Gasteiger partial charge in [0, 0.05) is 30.1 Å². The van der Waals surface area contributed by atoms with Crippen molar-refractivity contribution in [2.45, 2.75) is 19.4 Å². The van der Waals surface area contributed by atoms with Crippen molar-refractivity contribution in [2.75, 3.05) is 11.4 Å². The second kappa shape index (κ2) is 10.0. The van der Waals surface area contributed by atoms with Crippen molar-refractivity contribution in [3.8, 4) is 11.1 Å². The first-order valence-corrected chi connectivity index (χ1v) is 10.9. The molecule has 0 aliphatic carbocycles. The largest absolute Gasteiger partial charge is 0.478 e. The molecule has 4 rings (SSSR count). The number of aromatic amines is 1. The van der Waals surface area contributed by atoms with E-state index in [9.17, 15) is 4.79 Å². The summed E-state index contributed by atoms with van der Waals surface area (Å²) in [7, 11) is 0. The Morgan fingerprint density at radius 3 is 2.61 bits per heavy atom. The molecular weight excluding hydrogens is 410 g/mol. The minimum Gasteiger partial charge on any atom is -0.478 e. The van der Waals surface area contributed by atoms with Crippen LogP contribution in [0.5, 0.6) is 0 Å². The highest BCUT2D eigenvalue weighted by atomic mass is 16.4. The summed E-state index contributed by atoms with van der Waals surface area (Å²) in [6.45, 7) is 6.88. The molecule has 1 aliphatic heterocycles. The average Bonchev–Trinajstić information content (AvgIpc) is 3.38. The van der Waals surface area contributed by atoms with Gasteiger partial charge in [0.25, 0.3) is 0 Å². The summed E-state index contributed by atoms with van der Waals surface area (Å²) in [5.74, 6) is -0.985. The second-order valence-electron chi connectivity index (χ2n) is 7.95. The normalized spacial score (nSPS) is 16.3. The molecule has 33 heavy (non-hydrogen) atoms. The van der Waals surface area contributed by atoms with Gasteiger partial charge >= 0.3 is 5.97 Å². The molecule has 0 saturated carbocycles. The van der Waals surface area contributed by atoms with E-state index in [1.807, 2.05) is 37.5 Å². The molecule has 0 fully saturated rings. The predicted octanol–water partition coefficient (Wildman–Crippen LogP) is 5.88. The number of nitrogens with zero attached hydrogens (tertiary/aromatic N) is 2. The van der Waals surface area contributed by atoms with Crippen LogP contribution >= 0.6 is 0 Å². The van der Waals surface area contributed by atoms with Crippen molar-refractivity contribution in [1.29, 1.82) is 0 Å². The Hall–Kier alpha value is -4.12. The highest BCUT2D eigenvalue weighted by Gasteiger charge is 2.29. The highest BCUT2D eigenvalue weighted by Crippen LogP contribution is 2.40. The predicted molar refractivity (Wildman–Crippen MR) is 133 cm³/mol. The third kappa shape index (κ3) is 5.04. The third-order valence-corrected chi connectivity index (χ3v) is 5.87. The Morgan fingerprint density at radius 2 is 1.91 bits per heavy atom. The number of hydrogen-bond acceptors (Lipinski definition) is 3. The molecule has 1 aliphatic rings. The number of carboxylic acids is 1. The van der Waals surface area contributed by atoms with Gasteiger partial charge in [-0.25, -0.2) is 4.79 Å². The second-order valence-corrected chi connectivity index (χ2v) is 7.95. The van der Waals surface area contributed by atoms with Crippen molar-refractivity contribution in [3.05, 3.63) is 120 Å². The van der Waals surface area contributed by atoms with Gasteiger partial charge in [0.1, 0.15) is 0 Å². The summed E-state index contributed by atoms with van der Waals surface area (Å²) in [6, 6.07) is 17.1. The van der Waals surface area contributed by atoms with Crippen molar-refractivity contribution < 1.29 is 9.90 Å². The van der Waals surface area contributed by atoms with Crippen molar-refractivity contribution in [1.82, 2.24) is 10.2 Å². The monoisotopic (exact) mass is 437 g/mol. The van der Waals surface area contributed by atoms with Crippen LogP contribution in [0, 0.1) is 0 Å². The smallest absolute Gasteiger partial charge is 0.328 e. The summed E-state index contributed by atoms with van der Waals surface area (Å²) >= 11 is 0. The van der Waals surface area contributed by atoms with E-state index in [4.69, 9.17) is 5.11 Å². The van der Waals surface area contributed by atoms with E-state index in [0.717, 1.165) is 35.7 Å². The number of nitrogens with one attached hydrogen (secondary N) is 1. The van der Waals surface area contributed by atoms with E-state index < -0.39 is 5.97 Å². The lowest BCUT2D eigenvalue weighted by Gasteiger charge is -2.40. The van der Waals surface area contributed by atoms with Gasteiger partial charge in [-0.3, -0.25) is 5.10 Å². The van der Waals surface area contributed by atoms with Crippen LogP contribution in [0.25, 0.3) is 11.1 Å². The number of para-hydroxylation sites is 1. The molecule has 2 heterocycles. The molecular formula is C28H27N3O2. The molecule has 0 saturated heterocycles. The Labute approximate surface area is 194 Å². The number of allylic oxidation sites excluding steroid dienone is 4.